The third-order valence-corrected chi connectivity index (χ3v) is 6.35. The van der Waals surface area contributed by atoms with Gasteiger partial charge in [-0.1, -0.05) is 24.3 Å². The molecule has 0 radical (unpaired) electrons. The Hall–Kier alpha value is -2.51. The summed E-state index contributed by atoms with van der Waals surface area (Å²) in [7, 11) is -1.87. The van der Waals surface area contributed by atoms with Gasteiger partial charge in [-0.15, -0.1) is 11.3 Å². The summed E-state index contributed by atoms with van der Waals surface area (Å²) in [4.78, 5) is 0. The van der Waals surface area contributed by atoms with E-state index in [-0.39, 0.29) is 0 Å². The maximum atomic E-state index is 12.2. The van der Waals surface area contributed by atoms with Crippen LogP contribution in [0, 0.1) is 0 Å². The average Bonchev–Trinajstić information content (AvgIpc) is 3.17. The molecule has 25 heavy (non-hydrogen) atoms. The van der Waals surface area contributed by atoms with Gasteiger partial charge in [-0.3, -0.25) is 4.72 Å². The molecule has 0 aliphatic heterocycles. The van der Waals surface area contributed by atoms with Gasteiger partial charge < -0.3 is 10.1 Å². The Kier molecular flexibility index (Phi) is 5.25. The second-order valence-electron chi connectivity index (χ2n) is 5.28. The summed E-state index contributed by atoms with van der Waals surface area (Å²) >= 11 is 1.19. The van der Waals surface area contributed by atoms with E-state index in [9.17, 15) is 8.42 Å². The SMILES string of the molecule is COc1ccccc1CNc1ccc(NS(=O)(=O)c2cccs2)cc1. The molecule has 130 valence electrons. The second-order valence-corrected chi connectivity index (χ2v) is 8.14. The molecule has 1 aromatic heterocycles. The third kappa shape index (κ3) is 4.32. The molecule has 0 aliphatic rings. The molecular weight excluding hydrogens is 356 g/mol. The van der Waals surface area contributed by atoms with Crippen LogP contribution in [0.1, 0.15) is 5.56 Å². The highest BCUT2D eigenvalue weighted by molar-refractivity contribution is 7.94. The lowest BCUT2D eigenvalue weighted by Crippen LogP contribution is -2.11. The van der Waals surface area contributed by atoms with Gasteiger partial charge in [0.1, 0.15) is 9.96 Å². The van der Waals surface area contributed by atoms with Gasteiger partial charge >= 0.3 is 0 Å². The van der Waals surface area contributed by atoms with Crippen molar-refractivity contribution in [2.45, 2.75) is 10.8 Å². The zero-order valence-electron chi connectivity index (χ0n) is 13.6. The van der Waals surface area contributed by atoms with Crippen LogP contribution in [0.25, 0.3) is 0 Å². The first-order valence-corrected chi connectivity index (χ1v) is 9.97. The lowest BCUT2D eigenvalue weighted by molar-refractivity contribution is 0.410. The van der Waals surface area contributed by atoms with Gasteiger partial charge in [0.05, 0.1) is 7.11 Å². The van der Waals surface area contributed by atoms with Crippen molar-refractivity contribution >= 4 is 32.7 Å². The minimum absolute atomic E-state index is 0.297. The molecular formula is C18H18N2O3S2. The Morgan fingerprint density at radius 2 is 1.68 bits per heavy atom. The summed E-state index contributed by atoms with van der Waals surface area (Å²) in [5.41, 5.74) is 2.47. The highest BCUT2D eigenvalue weighted by Crippen LogP contribution is 2.22. The van der Waals surface area contributed by atoms with Gasteiger partial charge in [0.15, 0.2) is 0 Å². The first kappa shape index (κ1) is 17.3. The van der Waals surface area contributed by atoms with E-state index in [1.165, 1.54) is 11.3 Å². The van der Waals surface area contributed by atoms with E-state index in [4.69, 9.17) is 4.74 Å². The van der Waals surface area contributed by atoms with Crippen molar-refractivity contribution < 1.29 is 13.2 Å². The lowest BCUT2D eigenvalue weighted by atomic mass is 10.2. The summed E-state index contributed by atoms with van der Waals surface area (Å²) in [6.07, 6.45) is 0. The predicted molar refractivity (Wildman–Crippen MR) is 102 cm³/mol. The molecule has 0 bridgehead atoms. The summed E-state index contributed by atoms with van der Waals surface area (Å²) in [5, 5.41) is 5.03. The van der Waals surface area contributed by atoms with Crippen molar-refractivity contribution in [3.63, 3.8) is 0 Å². The second kappa shape index (κ2) is 7.58. The predicted octanol–water partition coefficient (Wildman–Crippen LogP) is 4.17. The van der Waals surface area contributed by atoms with E-state index >= 15 is 0 Å². The lowest BCUT2D eigenvalue weighted by Gasteiger charge is -2.11. The van der Waals surface area contributed by atoms with Gasteiger partial charge in [0, 0.05) is 23.5 Å². The fourth-order valence-corrected chi connectivity index (χ4v) is 4.38. The van der Waals surface area contributed by atoms with E-state index in [0.29, 0.717) is 16.4 Å². The summed E-state index contributed by atoms with van der Waals surface area (Å²) in [6.45, 7) is 0.615. The molecule has 0 saturated carbocycles. The zero-order chi connectivity index (χ0) is 17.7. The minimum Gasteiger partial charge on any atom is -0.496 e. The van der Waals surface area contributed by atoms with Crippen LogP contribution in [0.5, 0.6) is 5.75 Å². The molecule has 1 heterocycles. The van der Waals surface area contributed by atoms with Gasteiger partial charge in [-0.2, -0.15) is 0 Å². The van der Waals surface area contributed by atoms with Crippen molar-refractivity contribution in [2.75, 3.05) is 17.1 Å². The molecule has 2 N–H and O–H groups in total. The number of rotatable bonds is 7. The van der Waals surface area contributed by atoms with E-state index in [2.05, 4.69) is 10.0 Å². The van der Waals surface area contributed by atoms with Gasteiger partial charge in [-0.05, 0) is 41.8 Å². The summed E-state index contributed by atoms with van der Waals surface area (Å²) < 4.78 is 32.6. The maximum absolute atomic E-state index is 12.2. The van der Waals surface area contributed by atoms with Crippen molar-refractivity contribution in [3.05, 3.63) is 71.6 Å². The van der Waals surface area contributed by atoms with Gasteiger partial charge in [0.25, 0.3) is 10.0 Å². The topological polar surface area (TPSA) is 67.4 Å². The van der Waals surface area contributed by atoms with Crippen molar-refractivity contribution in [1.29, 1.82) is 0 Å². The first-order valence-electron chi connectivity index (χ1n) is 7.60. The summed E-state index contributed by atoms with van der Waals surface area (Å²) in [6, 6.07) is 18.2. The number of hydrogen-bond donors (Lipinski definition) is 2. The molecule has 0 saturated heterocycles. The number of hydrogen-bond acceptors (Lipinski definition) is 5. The highest BCUT2D eigenvalue weighted by Gasteiger charge is 2.14. The Morgan fingerprint density at radius 3 is 2.36 bits per heavy atom. The molecule has 7 heteroatoms. The minimum atomic E-state index is -3.52. The molecule has 0 fully saturated rings. The van der Waals surface area contributed by atoms with Crippen LogP contribution in [0.4, 0.5) is 11.4 Å². The molecule has 3 aromatic rings. The fourth-order valence-electron chi connectivity index (χ4n) is 2.32. The van der Waals surface area contributed by atoms with Crippen molar-refractivity contribution in [2.24, 2.45) is 0 Å². The molecule has 0 unspecified atom stereocenters. The molecule has 0 spiro atoms. The number of sulfonamides is 1. The normalized spacial score (nSPS) is 11.1. The number of anilines is 2. The molecule has 2 aromatic carbocycles. The standard InChI is InChI=1S/C18H18N2O3S2/c1-23-17-6-3-2-5-14(17)13-19-15-8-10-16(11-9-15)20-25(21,22)18-7-4-12-24-18/h2-12,19-20H,13H2,1H3. The fraction of sp³-hybridized carbons (Fsp3) is 0.111. The van der Waals surface area contributed by atoms with Crippen LogP contribution < -0.4 is 14.8 Å². The molecule has 5 nitrogen and oxygen atoms in total. The molecule has 0 amide bonds. The Bertz CT molecular complexity index is 921. The Labute approximate surface area is 151 Å². The number of methoxy groups -OCH3 is 1. The number of thiophene rings is 1. The highest BCUT2D eigenvalue weighted by atomic mass is 32.2. The number of para-hydroxylation sites is 1. The van der Waals surface area contributed by atoms with Crippen molar-refractivity contribution in [1.82, 2.24) is 0 Å². The quantitative estimate of drug-likeness (QED) is 0.651. The van der Waals surface area contributed by atoms with Gasteiger partial charge in [-0.25, -0.2) is 8.42 Å². The van der Waals surface area contributed by atoms with Crippen LogP contribution in [0.3, 0.4) is 0 Å². The van der Waals surface area contributed by atoms with Gasteiger partial charge in [0.2, 0.25) is 0 Å². The van der Waals surface area contributed by atoms with E-state index in [0.717, 1.165) is 17.0 Å². The summed E-state index contributed by atoms with van der Waals surface area (Å²) in [5.74, 6) is 0.829. The average molecular weight is 374 g/mol. The maximum Gasteiger partial charge on any atom is 0.271 e. The van der Waals surface area contributed by atoms with E-state index in [1.807, 2.05) is 36.4 Å². The van der Waals surface area contributed by atoms with Crippen LogP contribution in [-0.4, -0.2) is 15.5 Å². The number of ether oxygens (including phenoxy) is 1. The van der Waals surface area contributed by atoms with Crippen LogP contribution in [-0.2, 0) is 16.6 Å². The molecule has 0 aliphatic carbocycles. The van der Waals surface area contributed by atoms with Crippen LogP contribution >= 0.6 is 11.3 Å². The Morgan fingerprint density at radius 1 is 0.960 bits per heavy atom. The third-order valence-electron chi connectivity index (χ3n) is 3.57. The Balaban J connectivity index is 1.65. The number of nitrogens with one attached hydrogen (secondary N) is 2. The molecule has 3 rings (SSSR count). The van der Waals surface area contributed by atoms with Crippen LogP contribution in [0.15, 0.2) is 70.3 Å². The first-order chi connectivity index (χ1) is 12.1. The largest absolute Gasteiger partial charge is 0.496 e. The van der Waals surface area contributed by atoms with E-state index < -0.39 is 10.0 Å². The number of benzene rings is 2. The van der Waals surface area contributed by atoms with Crippen molar-refractivity contribution in [3.8, 4) is 5.75 Å². The van der Waals surface area contributed by atoms with Crippen LogP contribution in [0.2, 0.25) is 0 Å². The van der Waals surface area contributed by atoms with E-state index in [1.54, 1.807) is 36.8 Å². The monoisotopic (exact) mass is 374 g/mol. The zero-order valence-corrected chi connectivity index (χ0v) is 15.2. The molecule has 0 atom stereocenters. The smallest absolute Gasteiger partial charge is 0.271 e.